The summed E-state index contributed by atoms with van der Waals surface area (Å²) in [5.74, 6) is 1.60. The molecule has 6 nitrogen and oxygen atoms in total. The summed E-state index contributed by atoms with van der Waals surface area (Å²) in [4.78, 5) is 8.51. The quantitative estimate of drug-likeness (QED) is 0.744. The minimum Gasteiger partial charge on any atom is -0.396 e. The van der Waals surface area contributed by atoms with Crippen molar-refractivity contribution in [3.05, 3.63) is 17.6 Å². The van der Waals surface area contributed by atoms with E-state index in [0.717, 1.165) is 49.3 Å². The summed E-state index contributed by atoms with van der Waals surface area (Å²) in [6, 6.07) is 0. The topological polar surface area (TPSA) is 75.3 Å². The van der Waals surface area contributed by atoms with Crippen LogP contribution in [0.4, 0.5) is 5.82 Å². The van der Waals surface area contributed by atoms with E-state index in [9.17, 15) is 0 Å². The Morgan fingerprint density at radius 2 is 2.00 bits per heavy atom. The molecule has 0 aliphatic carbocycles. The van der Waals surface area contributed by atoms with Crippen LogP contribution in [0.25, 0.3) is 5.78 Å². The normalized spacial score (nSPS) is 11.1. The Morgan fingerprint density at radius 3 is 2.79 bits per heavy atom. The third-order valence-electron chi connectivity index (χ3n) is 3.28. The Balaban J connectivity index is 1.99. The number of hydrogen-bond donors (Lipinski definition) is 2. The van der Waals surface area contributed by atoms with Gasteiger partial charge in [-0.1, -0.05) is 12.8 Å². The van der Waals surface area contributed by atoms with Gasteiger partial charge < -0.3 is 10.4 Å². The third kappa shape index (κ3) is 3.20. The van der Waals surface area contributed by atoms with Crippen molar-refractivity contribution in [3.8, 4) is 0 Å². The molecule has 104 valence electrons. The maximum absolute atomic E-state index is 8.72. The van der Waals surface area contributed by atoms with Gasteiger partial charge in [-0.2, -0.15) is 14.6 Å². The van der Waals surface area contributed by atoms with Gasteiger partial charge in [-0.05, 0) is 26.7 Å². The summed E-state index contributed by atoms with van der Waals surface area (Å²) in [6.45, 7) is 5.20. The second-order valence-electron chi connectivity index (χ2n) is 4.71. The number of unbranched alkanes of at least 4 members (excludes halogenated alkanes) is 3. The lowest BCUT2D eigenvalue weighted by molar-refractivity contribution is 0.283. The average molecular weight is 263 g/mol. The van der Waals surface area contributed by atoms with Crippen LogP contribution in [-0.4, -0.2) is 37.8 Å². The van der Waals surface area contributed by atoms with Gasteiger partial charge in [0.25, 0.3) is 5.78 Å². The molecule has 2 rings (SSSR count). The Labute approximate surface area is 112 Å². The molecule has 0 saturated heterocycles. The number of aliphatic hydroxyl groups excluding tert-OH is 1. The van der Waals surface area contributed by atoms with Crippen molar-refractivity contribution in [1.29, 1.82) is 0 Å². The van der Waals surface area contributed by atoms with Gasteiger partial charge in [0.15, 0.2) is 0 Å². The second kappa shape index (κ2) is 6.47. The molecule has 0 unspecified atom stereocenters. The lowest BCUT2D eigenvalue weighted by atomic mass is 10.2. The first kappa shape index (κ1) is 13.7. The standard InChI is InChI=1S/C13H21N5O/c1-10-11(2)17-13-15-9-16-18(13)12(10)14-7-5-3-4-6-8-19/h9,14,19H,3-8H2,1-2H3. The molecule has 0 amide bonds. The molecule has 2 aromatic heterocycles. The van der Waals surface area contributed by atoms with E-state index in [4.69, 9.17) is 5.11 Å². The number of aryl methyl sites for hydroxylation is 1. The molecule has 0 aliphatic heterocycles. The molecular formula is C13H21N5O. The average Bonchev–Trinajstić information content (AvgIpc) is 2.85. The SMILES string of the molecule is Cc1nc2ncnn2c(NCCCCCCO)c1C. The smallest absolute Gasteiger partial charge is 0.254 e. The molecule has 2 aromatic rings. The summed E-state index contributed by atoms with van der Waals surface area (Å²) in [6.07, 6.45) is 5.69. The third-order valence-corrected chi connectivity index (χ3v) is 3.28. The number of fused-ring (bicyclic) bond motifs is 1. The van der Waals surface area contributed by atoms with Crippen molar-refractivity contribution in [1.82, 2.24) is 19.6 Å². The monoisotopic (exact) mass is 263 g/mol. The Bertz CT molecular complexity index is 537. The van der Waals surface area contributed by atoms with E-state index in [2.05, 4.69) is 20.4 Å². The highest BCUT2D eigenvalue weighted by molar-refractivity contribution is 5.51. The fourth-order valence-corrected chi connectivity index (χ4v) is 2.04. The molecule has 2 N–H and O–H groups in total. The number of aliphatic hydroxyl groups is 1. The fraction of sp³-hybridized carbons (Fsp3) is 0.615. The first-order valence-electron chi connectivity index (χ1n) is 6.75. The zero-order valence-corrected chi connectivity index (χ0v) is 11.6. The van der Waals surface area contributed by atoms with Crippen LogP contribution in [0.1, 0.15) is 36.9 Å². The molecule has 19 heavy (non-hydrogen) atoms. The van der Waals surface area contributed by atoms with E-state index in [1.807, 2.05) is 13.8 Å². The molecule has 6 heteroatoms. The van der Waals surface area contributed by atoms with Gasteiger partial charge in [0.2, 0.25) is 0 Å². The molecule has 0 aromatic carbocycles. The van der Waals surface area contributed by atoms with Gasteiger partial charge >= 0.3 is 0 Å². The van der Waals surface area contributed by atoms with Gasteiger partial charge in [0.05, 0.1) is 0 Å². The molecular weight excluding hydrogens is 242 g/mol. The zero-order valence-electron chi connectivity index (χ0n) is 11.6. The summed E-state index contributed by atoms with van der Waals surface area (Å²) in [5, 5.41) is 16.3. The number of rotatable bonds is 7. The number of hydrogen-bond acceptors (Lipinski definition) is 5. The van der Waals surface area contributed by atoms with Crippen LogP contribution in [0.2, 0.25) is 0 Å². The fourth-order valence-electron chi connectivity index (χ4n) is 2.04. The number of nitrogens with one attached hydrogen (secondary N) is 1. The number of anilines is 1. The van der Waals surface area contributed by atoms with Crippen LogP contribution in [0.15, 0.2) is 6.33 Å². The van der Waals surface area contributed by atoms with E-state index >= 15 is 0 Å². The molecule has 0 atom stereocenters. The molecule has 0 aliphatic rings. The van der Waals surface area contributed by atoms with Gasteiger partial charge in [0, 0.05) is 24.4 Å². The van der Waals surface area contributed by atoms with E-state index < -0.39 is 0 Å². The summed E-state index contributed by atoms with van der Waals surface area (Å²) >= 11 is 0. The molecule has 0 fully saturated rings. The van der Waals surface area contributed by atoms with E-state index in [1.54, 1.807) is 4.52 Å². The lowest BCUT2D eigenvalue weighted by Crippen LogP contribution is -2.11. The second-order valence-corrected chi connectivity index (χ2v) is 4.71. The van der Waals surface area contributed by atoms with Crippen LogP contribution in [-0.2, 0) is 0 Å². The summed E-state index contributed by atoms with van der Waals surface area (Å²) in [5.41, 5.74) is 2.08. The van der Waals surface area contributed by atoms with Gasteiger partial charge in [-0.15, -0.1) is 0 Å². The predicted molar refractivity (Wildman–Crippen MR) is 74.3 cm³/mol. The summed E-state index contributed by atoms with van der Waals surface area (Å²) < 4.78 is 1.75. The van der Waals surface area contributed by atoms with Crippen molar-refractivity contribution < 1.29 is 5.11 Å². The summed E-state index contributed by atoms with van der Waals surface area (Å²) in [7, 11) is 0. The van der Waals surface area contributed by atoms with E-state index in [0.29, 0.717) is 5.78 Å². The van der Waals surface area contributed by atoms with Crippen LogP contribution in [0, 0.1) is 13.8 Å². The van der Waals surface area contributed by atoms with E-state index in [-0.39, 0.29) is 6.61 Å². The highest BCUT2D eigenvalue weighted by Crippen LogP contribution is 2.17. The maximum atomic E-state index is 8.72. The largest absolute Gasteiger partial charge is 0.396 e. The van der Waals surface area contributed by atoms with Crippen LogP contribution >= 0.6 is 0 Å². The van der Waals surface area contributed by atoms with Gasteiger partial charge in [0.1, 0.15) is 12.1 Å². The minimum atomic E-state index is 0.287. The molecule has 2 heterocycles. The van der Waals surface area contributed by atoms with Crippen molar-refractivity contribution in [2.75, 3.05) is 18.5 Å². The molecule has 0 radical (unpaired) electrons. The Kier molecular flexibility index (Phi) is 4.68. The number of aromatic nitrogens is 4. The number of nitrogens with zero attached hydrogens (tertiary/aromatic N) is 4. The first-order valence-corrected chi connectivity index (χ1v) is 6.75. The first-order chi connectivity index (χ1) is 9.24. The van der Waals surface area contributed by atoms with Gasteiger partial charge in [-0.25, -0.2) is 4.98 Å². The zero-order chi connectivity index (χ0) is 13.7. The van der Waals surface area contributed by atoms with Crippen LogP contribution < -0.4 is 5.32 Å². The van der Waals surface area contributed by atoms with Gasteiger partial charge in [-0.3, -0.25) is 0 Å². The van der Waals surface area contributed by atoms with Crippen molar-refractivity contribution in [2.45, 2.75) is 39.5 Å². The molecule has 0 spiro atoms. The maximum Gasteiger partial charge on any atom is 0.254 e. The molecule has 0 saturated carbocycles. The van der Waals surface area contributed by atoms with Crippen molar-refractivity contribution in [2.24, 2.45) is 0 Å². The van der Waals surface area contributed by atoms with Crippen LogP contribution in [0.3, 0.4) is 0 Å². The Hall–Kier alpha value is -1.69. The van der Waals surface area contributed by atoms with E-state index in [1.165, 1.54) is 6.33 Å². The predicted octanol–water partition coefficient (Wildman–Crippen LogP) is 1.71. The van der Waals surface area contributed by atoms with Crippen molar-refractivity contribution in [3.63, 3.8) is 0 Å². The van der Waals surface area contributed by atoms with Crippen LogP contribution in [0.5, 0.6) is 0 Å². The highest BCUT2D eigenvalue weighted by Gasteiger charge is 2.09. The minimum absolute atomic E-state index is 0.287. The highest BCUT2D eigenvalue weighted by atomic mass is 16.2. The molecule has 0 bridgehead atoms. The van der Waals surface area contributed by atoms with Crippen molar-refractivity contribution >= 4 is 11.6 Å². The Morgan fingerprint density at radius 1 is 1.21 bits per heavy atom. The lowest BCUT2D eigenvalue weighted by Gasteiger charge is -2.12.